The van der Waals surface area contributed by atoms with Crippen molar-refractivity contribution in [3.63, 3.8) is 0 Å². The van der Waals surface area contributed by atoms with Crippen molar-refractivity contribution in [1.82, 2.24) is 0 Å². The van der Waals surface area contributed by atoms with Crippen molar-refractivity contribution < 1.29 is 0 Å². The second-order valence-corrected chi connectivity index (χ2v) is 2.98. The average Bonchev–Trinajstić information content (AvgIpc) is 2.18. The van der Waals surface area contributed by atoms with E-state index >= 15 is 0 Å². The predicted octanol–water partition coefficient (Wildman–Crippen LogP) is 2.25. The van der Waals surface area contributed by atoms with E-state index in [0.29, 0.717) is 0 Å². The van der Waals surface area contributed by atoms with Crippen molar-refractivity contribution in [2.45, 2.75) is 30.7 Å². The SMILES string of the molecule is S=C=NC1CCCC1Cl. The second kappa shape index (κ2) is 3.31. The summed E-state index contributed by atoms with van der Waals surface area (Å²) in [4.78, 5) is 3.94. The van der Waals surface area contributed by atoms with E-state index < -0.39 is 0 Å². The van der Waals surface area contributed by atoms with Gasteiger partial charge in [-0.1, -0.05) is 0 Å². The molecule has 0 amide bonds. The summed E-state index contributed by atoms with van der Waals surface area (Å²) in [6.45, 7) is 0. The lowest BCUT2D eigenvalue weighted by atomic mass is 10.3. The molecule has 0 bridgehead atoms. The van der Waals surface area contributed by atoms with E-state index in [1.807, 2.05) is 0 Å². The number of halogens is 1. The van der Waals surface area contributed by atoms with Gasteiger partial charge in [0.1, 0.15) is 0 Å². The van der Waals surface area contributed by atoms with Gasteiger partial charge >= 0.3 is 0 Å². The third kappa shape index (κ3) is 1.75. The molecule has 0 radical (unpaired) electrons. The Morgan fingerprint density at radius 1 is 1.56 bits per heavy atom. The Labute approximate surface area is 65.1 Å². The average molecular weight is 162 g/mol. The summed E-state index contributed by atoms with van der Waals surface area (Å²) < 4.78 is 0. The number of aliphatic imine (C=N–C) groups is 1. The lowest BCUT2D eigenvalue weighted by Gasteiger charge is -2.03. The van der Waals surface area contributed by atoms with Crippen LogP contribution in [0.5, 0.6) is 0 Å². The molecule has 0 N–H and O–H groups in total. The molecule has 0 aromatic carbocycles. The summed E-state index contributed by atoms with van der Waals surface area (Å²) in [5.41, 5.74) is 0. The van der Waals surface area contributed by atoms with Crippen LogP contribution < -0.4 is 0 Å². The van der Waals surface area contributed by atoms with E-state index in [9.17, 15) is 0 Å². The molecular weight excluding hydrogens is 154 g/mol. The monoisotopic (exact) mass is 161 g/mol. The van der Waals surface area contributed by atoms with Crippen molar-refractivity contribution in [1.29, 1.82) is 0 Å². The normalized spacial score (nSPS) is 33.9. The predicted molar refractivity (Wildman–Crippen MR) is 42.3 cm³/mol. The first-order chi connectivity index (χ1) is 4.34. The number of isothiocyanates is 1. The van der Waals surface area contributed by atoms with Gasteiger partial charge in [-0.3, -0.25) is 0 Å². The Morgan fingerprint density at radius 2 is 2.33 bits per heavy atom. The minimum atomic E-state index is 0.209. The molecule has 3 heteroatoms. The van der Waals surface area contributed by atoms with Crippen molar-refractivity contribution in [3.8, 4) is 0 Å². The van der Waals surface area contributed by atoms with Crippen LogP contribution in [0.4, 0.5) is 0 Å². The molecule has 0 aromatic heterocycles. The molecule has 1 aliphatic rings. The van der Waals surface area contributed by atoms with Crippen molar-refractivity contribution >= 4 is 29.0 Å². The molecule has 1 rings (SSSR count). The number of nitrogens with zero attached hydrogens (tertiary/aromatic N) is 1. The van der Waals surface area contributed by atoms with Gasteiger partial charge in [0.2, 0.25) is 0 Å². The van der Waals surface area contributed by atoms with E-state index in [4.69, 9.17) is 11.6 Å². The first-order valence-corrected chi connectivity index (χ1v) is 3.90. The first-order valence-electron chi connectivity index (χ1n) is 3.05. The highest BCUT2D eigenvalue weighted by Gasteiger charge is 2.23. The lowest BCUT2D eigenvalue weighted by Crippen LogP contribution is -2.09. The number of alkyl halides is 1. The van der Waals surface area contributed by atoms with Crippen LogP contribution >= 0.6 is 23.8 Å². The summed E-state index contributed by atoms with van der Waals surface area (Å²) in [7, 11) is 0. The van der Waals surface area contributed by atoms with Gasteiger partial charge in [-0.25, -0.2) is 4.99 Å². The van der Waals surface area contributed by atoms with Crippen LogP contribution in [0.2, 0.25) is 0 Å². The molecule has 1 nitrogen and oxygen atoms in total. The summed E-state index contributed by atoms with van der Waals surface area (Å²) in [6, 6.07) is 0.254. The molecule has 0 spiro atoms. The fourth-order valence-corrected chi connectivity index (χ4v) is 1.58. The maximum atomic E-state index is 5.88. The molecule has 0 saturated heterocycles. The van der Waals surface area contributed by atoms with Crippen molar-refractivity contribution in [3.05, 3.63) is 0 Å². The third-order valence-electron chi connectivity index (χ3n) is 1.62. The van der Waals surface area contributed by atoms with Gasteiger partial charge < -0.3 is 0 Å². The highest BCUT2D eigenvalue weighted by atomic mass is 35.5. The number of rotatable bonds is 1. The number of hydrogen-bond acceptors (Lipinski definition) is 2. The van der Waals surface area contributed by atoms with Gasteiger partial charge in [-0.05, 0) is 31.5 Å². The number of hydrogen-bond donors (Lipinski definition) is 0. The molecule has 0 aromatic rings. The van der Waals surface area contributed by atoms with Crippen LogP contribution in [0.3, 0.4) is 0 Å². The molecule has 1 fully saturated rings. The van der Waals surface area contributed by atoms with Crippen molar-refractivity contribution in [2.75, 3.05) is 0 Å². The van der Waals surface area contributed by atoms with Crippen LogP contribution in [0.15, 0.2) is 4.99 Å². The maximum absolute atomic E-state index is 5.88. The standard InChI is InChI=1S/C6H8ClNS/c7-5-2-1-3-6(5)8-4-9/h5-6H,1-3H2. The molecule has 50 valence electrons. The highest BCUT2D eigenvalue weighted by Crippen LogP contribution is 2.26. The van der Waals surface area contributed by atoms with E-state index in [2.05, 4.69) is 22.4 Å². The Hall–Kier alpha value is 0.0900. The second-order valence-electron chi connectivity index (χ2n) is 2.23. The van der Waals surface area contributed by atoms with E-state index in [0.717, 1.165) is 12.8 Å². The molecular formula is C6H8ClNS. The van der Waals surface area contributed by atoms with Crippen LogP contribution in [0, 0.1) is 0 Å². The van der Waals surface area contributed by atoms with Crippen LogP contribution in [-0.4, -0.2) is 16.6 Å². The van der Waals surface area contributed by atoms with Gasteiger partial charge in [-0.2, -0.15) is 0 Å². The lowest BCUT2D eigenvalue weighted by molar-refractivity contribution is 0.718. The topological polar surface area (TPSA) is 12.4 Å². The van der Waals surface area contributed by atoms with Crippen molar-refractivity contribution in [2.24, 2.45) is 4.99 Å². The molecule has 0 aliphatic heterocycles. The van der Waals surface area contributed by atoms with Crippen LogP contribution in [0.1, 0.15) is 19.3 Å². The minimum Gasteiger partial charge on any atom is -0.228 e. The van der Waals surface area contributed by atoms with Crippen LogP contribution in [-0.2, 0) is 0 Å². The maximum Gasteiger partial charge on any atom is 0.0766 e. The van der Waals surface area contributed by atoms with E-state index in [1.165, 1.54) is 6.42 Å². The van der Waals surface area contributed by atoms with Gasteiger partial charge in [0, 0.05) is 0 Å². The molecule has 9 heavy (non-hydrogen) atoms. The molecule has 0 heterocycles. The summed E-state index contributed by atoms with van der Waals surface area (Å²) >= 11 is 10.3. The summed E-state index contributed by atoms with van der Waals surface area (Å²) in [5.74, 6) is 0. The van der Waals surface area contributed by atoms with E-state index in [-0.39, 0.29) is 11.4 Å². The fraction of sp³-hybridized carbons (Fsp3) is 0.833. The molecule has 2 atom stereocenters. The van der Waals surface area contributed by atoms with E-state index in [1.54, 1.807) is 0 Å². The molecule has 1 saturated carbocycles. The Bertz CT molecular complexity index is 142. The Balaban J connectivity index is 2.49. The van der Waals surface area contributed by atoms with Crippen LogP contribution in [0.25, 0.3) is 0 Å². The van der Waals surface area contributed by atoms with Gasteiger partial charge in [0.25, 0.3) is 0 Å². The minimum absolute atomic E-state index is 0.209. The smallest absolute Gasteiger partial charge is 0.0766 e. The van der Waals surface area contributed by atoms with Gasteiger partial charge in [-0.15, -0.1) is 11.6 Å². The zero-order valence-electron chi connectivity index (χ0n) is 5.01. The molecule has 1 aliphatic carbocycles. The van der Waals surface area contributed by atoms with Gasteiger partial charge in [0.15, 0.2) is 0 Å². The quantitative estimate of drug-likeness (QED) is 0.327. The Kier molecular flexibility index (Phi) is 2.65. The first kappa shape index (κ1) is 7.20. The Morgan fingerprint density at radius 3 is 2.78 bits per heavy atom. The highest BCUT2D eigenvalue weighted by molar-refractivity contribution is 7.78. The third-order valence-corrected chi connectivity index (χ3v) is 2.23. The zero-order chi connectivity index (χ0) is 6.69. The van der Waals surface area contributed by atoms with Gasteiger partial charge in [0.05, 0.1) is 16.6 Å². The fourth-order valence-electron chi connectivity index (χ4n) is 1.11. The largest absolute Gasteiger partial charge is 0.228 e. The molecule has 2 unspecified atom stereocenters. The summed E-state index contributed by atoms with van der Waals surface area (Å²) in [5, 5.41) is 2.57. The number of thiocarbonyl (C=S) groups is 1. The summed E-state index contributed by atoms with van der Waals surface area (Å²) in [6.07, 6.45) is 3.34. The zero-order valence-corrected chi connectivity index (χ0v) is 6.58.